The number of amides is 2. The molecule has 0 atom stereocenters. The van der Waals surface area contributed by atoms with Crippen molar-refractivity contribution in [3.63, 3.8) is 0 Å². The van der Waals surface area contributed by atoms with Crippen molar-refractivity contribution in [1.29, 1.82) is 0 Å². The number of hydrogen-bond acceptors (Lipinski definition) is 5. The smallest absolute Gasteiger partial charge is 0.338 e. The number of ether oxygens (including phenoxy) is 1. The number of rotatable bonds is 6. The number of esters is 1. The van der Waals surface area contributed by atoms with Crippen molar-refractivity contribution in [1.82, 2.24) is 0 Å². The minimum absolute atomic E-state index is 0.0835. The van der Waals surface area contributed by atoms with Crippen LogP contribution in [-0.4, -0.2) is 36.6 Å². The molecule has 0 saturated carbocycles. The van der Waals surface area contributed by atoms with Gasteiger partial charge in [0, 0.05) is 5.69 Å². The van der Waals surface area contributed by atoms with Gasteiger partial charge in [-0.3, -0.25) is 14.6 Å². The molecule has 0 spiro atoms. The number of para-hydroxylation sites is 2. The second-order valence-electron chi connectivity index (χ2n) is 7.42. The zero-order valence-electron chi connectivity index (χ0n) is 18.2. The molecular formula is C26H23N3O4. The lowest BCUT2D eigenvalue weighted by molar-refractivity contribution is -0.120. The van der Waals surface area contributed by atoms with E-state index in [1.807, 2.05) is 48.5 Å². The van der Waals surface area contributed by atoms with Gasteiger partial charge in [-0.1, -0.05) is 42.5 Å². The van der Waals surface area contributed by atoms with E-state index < -0.39 is 5.97 Å². The van der Waals surface area contributed by atoms with E-state index in [9.17, 15) is 14.4 Å². The predicted molar refractivity (Wildman–Crippen MR) is 127 cm³/mol. The zero-order valence-corrected chi connectivity index (χ0v) is 18.2. The molecule has 0 radical (unpaired) electrons. The first-order valence-corrected chi connectivity index (χ1v) is 10.6. The van der Waals surface area contributed by atoms with Crippen LogP contribution in [0.2, 0.25) is 0 Å². The van der Waals surface area contributed by atoms with Crippen molar-refractivity contribution >= 4 is 40.6 Å². The molecule has 2 amide bonds. The summed E-state index contributed by atoms with van der Waals surface area (Å²) in [6.07, 6.45) is 0.0835. The Balaban J connectivity index is 1.51. The van der Waals surface area contributed by atoms with Gasteiger partial charge in [-0.05, 0) is 48.9 Å². The molecule has 4 rings (SSSR count). The molecular weight excluding hydrogens is 418 g/mol. The maximum absolute atomic E-state index is 13.1. The second kappa shape index (κ2) is 9.91. The van der Waals surface area contributed by atoms with Crippen molar-refractivity contribution in [2.75, 3.05) is 23.4 Å². The lowest BCUT2D eigenvalue weighted by Gasteiger charge is -2.22. The highest BCUT2D eigenvalue weighted by atomic mass is 16.5. The van der Waals surface area contributed by atoms with E-state index >= 15 is 0 Å². The maximum atomic E-state index is 13.1. The van der Waals surface area contributed by atoms with Crippen LogP contribution in [0, 0.1) is 0 Å². The molecule has 1 N–H and O–H groups in total. The summed E-state index contributed by atoms with van der Waals surface area (Å²) in [6, 6.07) is 23.2. The van der Waals surface area contributed by atoms with Crippen LogP contribution >= 0.6 is 0 Å². The fourth-order valence-electron chi connectivity index (χ4n) is 3.56. The third kappa shape index (κ3) is 5.15. The van der Waals surface area contributed by atoms with E-state index in [-0.39, 0.29) is 24.8 Å². The molecule has 3 aromatic carbocycles. The maximum Gasteiger partial charge on any atom is 0.338 e. The van der Waals surface area contributed by atoms with Crippen LogP contribution in [0.15, 0.2) is 83.9 Å². The number of fused-ring (bicyclic) bond motifs is 1. The second-order valence-corrected chi connectivity index (χ2v) is 7.42. The normalized spacial score (nSPS) is 12.9. The van der Waals surface area contributed by atoms with Gasteiger partial charge in [-0.2, -0.15) is 0 Å². The Morgan fingerprint density at radius 1 is 0.970 bits per heavy atom. The van der Waals surface area contributed by atoms with Gasteiger partial charge in [0.2, 0.25) is 11.8 Å². The van der Waals surface area contributed by atoms with Crippen molar-refractivity contribution in [2.45, 2.75) is 13.3 Å². The molecule has 3 aromatic rings. The van der Waals surface area contributed by atoms with E-state index in [2.05, 4.69) is 5.32 Å². The molecule has 0 bridgehead atoms. The monoisotopic (exact) mass is 441 g/mol. The third-order valence-electron chi connectivity index (χ3n) is 5.14. The van der Waals surface area contributed by atoms with Gasteiger partial charge < -0.3 is 15.0 Å². The fourth-order valence-corrected chi connectivity index (χ4v) is 3.56. The van der Waals surface area contributed by atoms with E-state index in [4.69, 9.17) is 9.73 Å². The lowest BCUT2D eigenvalue weighted by Crippen LogP contribution is -2.38. The minimum Gasteiger partial charge on any atom is -0.462 e. The quantitative estimate of drug-likeness (QED) is 0.576. The van der Waals surface area contributed by atoms with Crippen molar-refractivity contribution in [3.05, 3.63) is 90.0 Å². The summed E-state index contributed by atoms with van der Waals surface area (Å²) >= 11 is 0. The summed E-state index contributed by atoms with van der Waals surface area (Å²) in [5, 5.41) is 2.78. The van der Waals surface area contributed by atoms with Crippen LogP contribution in [0.5, 0.6) is 0 Å². The van der Waals surface area contributed by atoms with Crippen molar-refractivity contribution < 1.29 is 19.1 Å². The number of aliphatic imine (C=N–C) groups is 1. The van der Waals surface area contributed by atoms with Gasteiger partial charge in [0.1, 0.15) is 6.54 Å². The number of hydrogen-bond donors (Lipinski definition) is 1. The zero-order chi connectivity index (χ0) is 23.2. The third-order valence-corrected chi connectivity index (χ3v) is 5.14. The Hall–Kier alpha value is -4.26. The highest BCUT2D eigenvalue weighted by Crippen LogP contribution is 2.32. The molecule has 1 heterocycles. The van der Waals surface area contributed by atoms with Gasteiger partial charge in [0.25, 0.3) is 0 Å². The first-order chi connectivity index (χ1) is 16.0. The Kier molecular flexibility index (Phi) is 6.59. The van der Waals surface area contributed by atoms with Gasteiger partial charge in [-0.25, -0.2) is 4.79 Å². The summed E-state index contributed by atoms with van der Waals surface area (Å²) in [4.78, 5) is 43.9. The van der Waals surface area contributed by atoms with Crippen LogP contribution in [0.25, 0.3) is 0 Å². The average molecular weight is 441 g/mol. The Morgan fingerprint density at radius 2 is 1.67 bits per heavy atom. The standard InChI is InChI=1S/C26H23N3O4/c1-2-33-26(32)19-12-14-20(15-13-19)27-24(30)17-29-23-11-7-6-10-21(23)28-22(16-25(29)31)18-8-4-3-5-9-18/h3-15H,2,16-17H2,1H3,(H,27,30). The summed E-state index contributed by atoms with van der Waals surface area (Å²) < 4.78 is 4.97. The van der Waals surface area contributed by atoms with E-state index in [1.54, 1.807) is 37.3 Å². The van der Waals surface area contributed by atoms with E-state index in [1.165, 1.54) is 4.90 Å². The molecule has 0 unspecified atom stereocenters. The van der Waals surface area contributed by atoms with Crippen LogP contribution < -0.4 is 10.2 Å². The number of nitrogens with one attached hydrogen (secondary N) is 1. The molecule has 7 nitrogen and oxygen atoms in total. The molecule has 0 aliphatic carbocycles. The lowest BCUT2D eigenvalue weighted by atomic mass is 10.1. The SMILES string of the molecule is CCOC(=O)c1ccc(NC(=O)CN2C(=O)CC(c3ccccc3)=Nc3ccccc32)cc1. The van der Waals surface area contributed by atoms with Gasteiger partial charge in [0.05, 0.1) is 35.7 Å². The van der Waals surface area contributed by atoms with Gasteiger partial charge in [-0.15, -0.1) is 0 Å². The molecule has 0 saturated heterocycles. The summed E-state index contributed by atoms with van der Waals surface area (Å²) in [6.45, 7) is 1.87. The van der Waals surface area contributed by atoms with Crippen molar-refractivity contribution in [2.24, 2.45) is 4.99 Å². The number of carbonyl (C=O) groups excluding carboxylic acids is 3. The van der Waals surface area contributed by atoms with Crippen LogP contribution in [0.1, 0.15) is 29.3 Å². The summed E-state index contributed by atoms with van der Waals surface area (Å²) in [5.74, 6) is -0.989. The van der Waals surface area contributed by atoms with Crippen molar-refractivity contribution in [3.8, 4) is 0 Å². The first kappa shape index (κ1) is 22.0. The largest absolute Gasteiger partial charge is 0.462 e. The molecule has 166 valence electrons. The highest BCUT2D eigenvalue weighted by Gasteiger charge is 2.26. The molecule has 7 heteroatoms. The topological polar surface area (TPSA) is 88.1 Å². The van der Waals surface area contributed by atoms with E-state index in [0.29, 0.717) is 34.9 Å². The summed E-state index contributed by atoms with van der Waals surface area (Å²) in [5.41, 5.74) is 3.66. The molecule has 0 fully saturated rings. The Morgan fingerprint density at radius 3 is 2.39 bits per heavy atom. The Bertz CT molecular complexity index is 1200. The molecule has 0 aromatic heterocycles. The fraction of sp³-hybridized carbons (Fsp3) is 0.154. The summed E-state index contributed by atoms with van der Waals surface area (Å²) in [7, 11) is 0. The molecule has 1 aliphatic heterocycles. The molecule has 33 heavy (non-hydrogen) atoms. The number of carbonyl (C=O) groups is 3. The first-order valence-electron chi connectivity index (χ1n) is 10.6. The van der Waals surface area contributed by atoms with Crippen LogP contribution in [0.3, 0.4) is 0 Å². The number of anilines is 2. The van der Waals surface area contributed by atoms with Gasteiger partial charge >= 0.3 is 5.97 Å². The predicted octanol–water partition coefficient (Wildman–Crippen LogP) is 4.36. The van der Waals surface area contributed by atoms with Gasteiger partial charge in [0.15, 0.2) is 0 Å². The van der Waals surface area contributed by atoms with Crippen LogP contribution in [0.4, 0.5) is 17.1 Å². The van der Waals surface area contributed by atoms with E-state index in [0.717, 1.165) is 5.56 Å². The Labute approximate surface area is 191 Å². The van der Waals surface area contributed by atoms with Crippen LogP contribution in [-0.2, 0) is 14.3 Å². The number of benzene rings is 3. The average Bonchev–Trinajstić information content (AvgIpc) is 2.97. The number of nitrogens with zero attached hydrogens (tertiary/aromatic N) is 2. The minimum atomic E-state index is -0.420. The molecule has 1 aliphatic rings. The highest BCUT2D eigenvalue weighted by molar-refractivity contribution is 6.19.